The van der Waals surface area contributed by atoms with E-state index < -0.39 is 5.82 Å². The van der Waals surface area contributed by atoms with Gasteiger partial charge in [-0.3, -0.25) is 0 Å². The SMILES string of the molecule is Fc1c(Br)c(Cl)cc2c(N3CC4CC(C3)N4)nc(Cl)nc12. The van der Waals surface area contributed by atoms with Gasteiger partial charge in [0.1, 0.15) is 11.3 Å². The summed E-state index contributed by atoms with van der Waals surface area (Å²) in [5, 5.41) is 4.38. The molecule has 3 aliphatic heterocycles. The maximum Gasteiger partial charge on any atom is 0.225 e. The Morgan fingerprint density at radius 1 is 1.29 bits per heavy atom. The molecule has 3 fully saturated rings. The average Bonchev–Trinajstić information content (AvgIpc) is 2.45. The summed E-state index contributed by atoms with van der Waals surface area (Å²) < 4.78 is 14.6. The van der Waals surface area contributed by atoms with Crippen LogP contribution in [0.5, 0.6) is 0 Å². The fourth-order valence-corrected chi connectivity index (χ4v) is 3.72. The van der Waals surface area contributed by atoms with E-state index in [2.05, 4.69) is 36.1 Å². The first kappa shape index (κ1) is 13.9. The molecule has 110 valence electrons. The molecule has 0 radical (unpaired) electrons. The van der Waals surface area contributed by atoms with Crippen LogP contribution in [0.3, 0.4) is 0 Å². The highest BCUT2D eigenvalue weighted by atomic mass is 79.9. The zero-order valence-corrected chi connectivity index (χ0v) is 13.8. The van der Waals surface area contributed by atoms with Crippen molar-refractivity contribution in [3.63, 3.8) is 0 Å². The predicted molar refractivity (Wildman–Crippen MR) is 84.8 cm³/mol. The molecule has 2 bridgehead atoms. The van der Waals surface area contributed by atoms with Crippen LogP contribution >= 0.6 is 39.1 Å². The molecule has 0 aliphatic carbocycles. The topological polar surface area (TPSA) is 41.0 Å². The first-order valence-corrected chi connectivity index (χ1v) is 8.09. The molecule has 3 aliphatic rings. The normalized spacial score (nSPS) is 24.3. The van der Waals surface area contributed by atoms with Gasteiger partial charge >= 0.3 is 0 Å². The number of hydrogen-bond donors (Lipinski definition) is 1. The van der Waals surface area contributed by atoms with Crippen molar-refractivity contribution >= 4 is 55.9 Å². The predicted octanol–water partition coefficient (Wildman–Crippen LogP) is 3.39. The van der Waals surface area contributed by atoms with E-state index in [0.717, 1.165) is 13.1 Å². The lowest BCUT2D eigenvalue weighted by atomic mass is 9.91. The summed E-state index contributed by atoms with van der Waals surface area (Å²) in [5.41, 5.74) is 0.188. The van der Waals surface area contributed by atoms with E-state index in [4.69, 9.17) is 23.2 Å². The van der Waals surface area contributed by atoms with Crippen LogP contribution in [0.25, 0.3) is 10.9 Å². The lowest BCUT2D eigenvalue weighted by Gasteiger charge is -2.48. The van der Waals surface area contributed by atoms with Crippen LogP contribution in [-0.2, 0) is 0 Å². The van der Waals surface area contributed by atoms with Gasteiger partial charge in [0.05, 0.1) is 9.50 Å². The number of nitrogens with zero attached hydrogens (tertiary/aromatic N) is 3. The van der Waals surface area contributed by atoms with Crippen molar-refractivity contribution in [2.75, 3.05) is 18.0 Å². The minimum Gasteiger partial charge on any atom is -0.353 e. The Balaban J connectivity index is 1.91. The number of halogens is 4. The summed E-state index contributed by atoms with van der Waals surface area (Å²) in [6.45, 7) is 1.66. The maximum absolute atomic E-state index is 14.4. The third-order valence-electron chi connectivity index (χ3n) is 4.00. The van der Waals surface area contributed by atoms with E-state index >= 15 is 0 Å². The van der Waals surface area contributed by atoms with Gasteiger partial charge in [-0.25, -0.2) is 9.37 Å². The number of hydrogen-bond acceptors (Lipinski definition) is 4. The molecule has 4 heterocycles. The number of piperazine rings is 1. The molecule has 1 N–H and O–H groups in total. The minimum absolute atomic E-state index is 0.0397. The number of nitrogens with one attached hydrogen (secondary N) is 1. The van der Waals surface area contributed by atoms with Crippen LogP contribution in [0.4, 0.5) is 10.2 Å². The molecule has 2 aromatic rings. The molecule has 1 aromatic carbocycles. The highest BCUT2D eigenvalue weighted by Crippen LogP contribution is 2.37. The van der Waals surface area contributed by atoms with E-state index in [1.807, 2.05) is 0 Å². The van der Waals surface area contributed by atoms with Gasteiger partial charge in [0.15, 0.2) is 5.82 Å². The average molecular weight is 392 g/mol. The molecule has 0 saturated carbocycles. The number of benzene rings is 1. The van der Waals surface area contributed by atoms with E-state index in [1.54, 1.807) is 6.07 Å². The second-order valence-electron chi connectivity index (χ2n) is 5.40. The Morgan fingerprint density at radius 3 is 2.62 bits per heavy atom. The Kier molecular flexibility index (Phi) is 3.26. The fourth-order valence-electron chi connectivity index (χ4n) is 3.06. The molecule has 3 saturated heterocycles. The number of piperidine rings is 1. The number of aromatic nitrogens is 2. The van der Waals surface area contributed by atoms with Gasteiger partial charge in [0, 0.05) is 30.6 Å². The molecular formula is C13H10BrCl2FN4. The van der Waals surface area contributed by atoms with E-state index in [0.29, 0.717) is 28.3 Å². The van der Waals surface area contributed by atoms with Gasteiger partial charge in [-0.2, -0.15) is 4.98 Å². The zero-order valence-electron chi connectivity index (χ0n) is 10.7. The third kappa shape index (κ3) is 2.20. The number of rotatable bonds is 1. The molecule has 5 rings (SSSR count). The second kappa shape index (κ2) is 4.91. The number of anilines is 1. The van der Waals surface area contributed by atoms with Crippen LogP contribution in [0.15, 0.2) is 10.5 Å². The van der Waals surface area contributed by atoms with Crippen molar-refractivity contribution < 1.29 is 4.39 Å². The number of fused-ring (bicyclic) bond motifs is 3. The first-order chi connectivity index (χ1) is 10.0. The Morgan fingerprint density at radius 2 is 1.95 bits per heavy atom. The molecule has 1 aromatic heterocycles. The quantitative estimate of drug-likeness (QED) is 0.597. The van der Waals surface area contributed by atoms with E-state index in [-0.39, 0.29) is 15.3 Å². The molecule has 0 spiro atoms. The first-order valence-electron chi connectivity index (χ1n) is 6.54. The molecular weight excluding hydrogens is 382 g/mol. The van der Waals surface area contributed by atoms with Gasteiger partial charge in [0.2, 0.25) is 5.28 Å². The van der Waals surface area contributed by atoms with E-state index in [1.165, 1.54) is 6.42 Å². The second-order valence-corrected chi connectivity index (χ2v) is 6.94. The molecule has 2 unspecified atom stereocenters. The highest BCUT2D eigenvalue weighted by molar-refractivity contribution is 9.10. The van der Waals surface area contributed by atoms with E-state index in [9.17, 15) is 4.39 Å². The van der Waals surface area contributed by atoms with Gasteiger partial charge in [-0.05, 0) is 40.0 Å². The monoisotopic (exact) mass is 390 g/mol. The third-order valence-corrected chi connectivity index (χ3v) is 5.47. The van der Waals surface area contributed by atoms with Crippen molar-refractivity contribution in [3.05, 3.63) is 26.7 Å². The van der Waals surface area contributed by atoms with Gasteiger partial charge < -0.3 is 10.2 Å². The van der Waals surface area contributed by atoms with Crippen molar-refractivity contribution in [3.8, 4) is 0 Å². The van der Waals surface area contributed by atoms with Crippen molar-refractivity contribution in [2.45, 2.75) is 18.5 Å². The van der Waals surface area contributed by atoms with Crippen LogP contribution in [0, 0.1) is 5.82 Å². The lowest BCUT2D eigenvalue weighted by Crippen LogP contribution is -2.67. The molecule has 0 amide bonds. The van der Waals surface area contributed by atoms with Crippen LogP contribution in [0.1, 0.15) is 6.42 Å². The van der Waals surface area contributed by atoms with Crippen molar-refractivity contribution in [1.82, 2.24) is 15.3 Å². The van der Waals surface area contributed by atoms with Crippen LogP contribution in [0.2, 0.25) is 10.3 Å². The molecule has 2 atom stereocenters. The van der Waals surface area contributed by atoms with Gasteiger partial charge in [-0.1, -0.05) is 11.6 Å². The van der Waals surface area contributed by atoms with Crippen LogP contribution < -0.4 is 10.2 Å². The summed E-state index contributed by atoms with van der Waals surface area (Å²) in [6, 6.07) is 2.61. The standard InChI is InChI=1S/C13H10BrCl2FN4/c14-9-8(15)2-7-11(10(9)17)19-13(16)20-12(7)21-3-5-1-6(4-21)18-5/h2,5-6,18H,1,3-4H2. The summed E-state index contributed by atoms with van der Waals surface area (Å²) in [7, 11) is 0. The fraction of sp³-hybridized carbons (Fsp3) is 0.385. The smallest absolute Gasteiger partial charge is 0.225 e. The van der Waals surface area contributed by atoms with Crippen LogP contribution in [-0.4, -0.2) is 35.1 Å². The minimum atomic E-state index is -0.511. The van der Waals surface area contributed by atoms with Gasteiger partial charge in [-0.15, -0.1) is 0 Å². The highest BCUT2D eigenvalue weighted by Gasteiger charge is 2.37. The Hall–Kier alpha value is -0.690. The van der Waals surface area contributed by atoms with Gasteiger partial charge in [0.25, 0.3) is 0 Å². The van der Waals surface area contributed by atoms with Crippen molar-refractivity contribution in [1.29, 1.82) is 0 Å². The Bertz CT molecular complexity index is 741. The summed E-state index contributed by atoms with van der Waals surface area (Å²) in [6.07, 6.45) is 1.17. The lowest BCUT2D eigenvalue weighted by molar-refractivity contribution is 0.225. The van der Waals surface area contributed by atoms with Crippen molar-refractivity contribution in [2.24, 2.45) is 0 Å². The Labute approximate surface area is 138 Å². The summed E-state index contributed by atoms with van der Waals surface area (Å²) >= 11 is 15.2. The summed E-state index contributed by atoms with van der Waals surface area (Å²) in [5.74, 6) is 0.137. The summed E-state index contributed by atoms with van der Waals surface area (Å²) in [4.78, 5) is 10.4. The maximum atomic E-state index is 14.4. The zero-order chi connectivity index (χ0) is 14.7. The molecule has 4 nitrogen and oxygen atoms in total. The largest absolute Gasteiger partial charge is 0.353 e. The molecule has 21 heavy (non-hydrogen) atoms. The molecule has 8 heteroatoms.